The monoisotopic (exact) mass is 397 g/mol. The molecule has 144 valence electrons. The summed E-state index contributed by atoms with van der Waals surface area (Å²) in [5.41, 5.74) is 2.82. The van der Waals surface area contributed by atoms with Crippen molar-refractivity contribution in [1.29, 1.82) is 0 Å². The molecular formula is C20H20ClN5O2. The van der Waals surface area contributed by atoms with E-state index in [1.807, 2.05) is 21.6 Å². The average Bonchev–Trinajstić information content (AvgIpc) is 3.42. The summed E-state index contributed by atoms with van der Waals surface area (Å²) in [7, 11) is 0. The lowest BCUT2D eigenvalue weighted by molar-refractivity contribution is 0.0739. The number of amides is 1. The highest BCUT2D eigenvalue weighted by atomic mass is 35.5. The second kappa shape index (κ2) is 6.74. The maximum absolute atomic E-state index is 13.2. The largest absolute Gasteiger partial charge is 0.332 e. The Bertz CT molecular complexity index is 1060. The van der Waals surface area contributed by atoms with E-state index in [0.717, 1.165) is 43.5 Å². The van der Waals surface area contributed by atoms with E-state index in [-0.39, 0.29) is 11.9 Å². The first-order valence-electron chi connectivity index (χ1n) is 9.69. The summed E-state index contributed by atoms with van der Waals surface area (Å²) in [6, 6.07) is 5.42. The lowest BCUT2D eigenvalue weighted by Gasteiger charge is -2.22. The van der Waals surface area contributed by atoms with Gasteiger partial charge in [0.2, 0.25) is 0 Å². The molecule has 3 aromatic rings. The fraction of sp³-hybridized carbons (Fsp3) is 0.400. The number of aromatic nitrogens is 4. The quantitative estimate of drug-likeness (QED) is 0.659. The van der Waals surface area contributed by atoms with Crippen LogP contribution in [0, 0.1) is 0 Å². The van der Waals surface area contributed by atoms with Crippen molar-refractivity contribution in [3.63, 3.8) is 0 Å². The molecule has 28 heavy (non-hydrogen) atoms. The van der Waals surface area contributed by atoms with Crippen LogP contribution in [-0.2, 0) is 6.42 Å². The number of carbonyl (C=O) groups excluding carboxylic acids is 1. The summed E-state index contributed by atoms with van der Waals surface area (Å²) in [4.78, 5) is 24.3. The summed E-state index contributed by atoms with van der Waals surface area (Å²) in [6.45, 7) is 2.83. The van der Waals surface area contributed by atoms with E-state index in [1.165, 1.54) is 0 Å². The first-order chi connectivity index (χ1) is 13.7. The molecule has 5 rings (SSSR count). The van der Waals surface area contributed by atoms with Crippen LogP contribution in [0.1, 0.15) is 60.5 Å². The second-order valence-corrected chi connectivity index (χ2v) is 7.67. The van der Waals surface area contributed by atoms with E-state index in [4.69, 9.17) is 16.1 Å². The Balaban J connectivity index is 1.68. The van der Waals surface area contributed by atoms with Crippen LogP contribution in [0.15, 0.2) is 29.0 Å². The second-order valence-electron chi connectivity index (χ2n) is 7.26. The Hall–Kier alpha value is -2.67. The zero-order valence-electron chi connectivity index (χ0n) is 15.6. The number of imidazole rings is 1. The molecule has 1 saturated heterocycles. The van der Waals surface area contributed by atoms with Gasteiger partial charge >= 0.3 is 0 Å². The van der Waals surface area contributed by atoms with Crippen molar-refractivity contribution >= 4 is 17.5 Å². The summed E-state index contributed by atoms with van der Waals surface area (Å²) >= 11 is 6.42. The zero-order valence-corrected chi connectivity index (χ0v) is 16.3. The third kappa shape index (κ3) is 2.57. The van der Waals surface area contributed by atoms with Crippen LogP contribution >= 0.6 is 11.6 Å². The fourth-order valence-electron chi connectivity index (χ4n) is 4.18. The van der Waals surface area contributed by atoms with Crippen molar-refractivity contribution < 1.29 is 9.32 Å². The van der Waals surface area contributed by atoms with Crippen molar-refractivity contribution in [2.24, 2.45) is 0 Å². The highest BCUT2D eigenvalue weighted by molar-refractivity contribution is 6.34. The molecule has 0 aliphatic carbocycles. The van der Waals surface area contributed by atoms with Crippen LogP contribution in [0.25, 0.3) is 17.3 Å². The highest BCUT2D eigenvalue weighted by Gasteiger charge is 2.40. The minimum atomic E-state index is -0.0838. The normalized spacial score (nSPS) is 18.0. The number of halogens is 1. The standard InChI is InChI=1S/C20H20ClN5O2/c1-2-3-9-15-23-19(28-24-15)17-18-14-8-5-10-25(14)20(27)16-12(21)6-4-7-13(16)26(18)11-22-17/h4,6-7,11,14H,2-3,5,8-10H2,1H3/t14-/m0/s1. The Morgan fingerprint density at radius 3 is 3.11 bits per heavy atom. The molecule has 4 heterocycles. The molecule has 1 fully saturated rings. The van der Waals surface area contributed by atoms with Gasteiger partial charge in [0.1, 0.15) is 6.33 Å². The number of nitrogens with zero attached hydrogens (tertiary/aromatic N) is 5. The number of carbonyl (C=O) groups is 1. The fourth-order valence-corrected chi connectivity index (χ4v) is 4.43. The Morgan fingerprint density at radius 2 is 2.25 bits per heavy atom. The van der Waals surface area contributed by atoms with Crippen LogP contribution in [0.4, 0.5) is 0 Å². The minimum absolute atomic E-state index is 0.0353. The molecule has 1 atom stereocenters. The average molecular weight is 398 g/mol. The molecule has 2 aliphatic rings. The summed E-state index contributed by atoms with van der Waals surface area (Å²) < 4.78 is 7.49. The molecule has 0 spiro atoms. The Labute approximate surface area is 167 Å². The maximum Gasteiger partial charge on any atom is 0.278 e. The molecule has 0 unspecified atom stereocenters. The lowest BCUT2D eigenvalue weighted by atomic mass is 10.1. The van der Waals surface area contributed by atoms with E-state index in [9.17, 15) is 4.79 Å². The van der Waals surface area contributed by atoms with Crippen LogP contribution in [0.3, 0.4) is 0 Å². The predicted octanol–water partition coefficient (Wildman–Crippen LogP) is 4.21. The summed E-state index contributed by atoms with van der Waals surface area (Å²) in [5, 5.41) is 4.56. The lowest BCUT2D eigenvalue weighted by Crippen LogP contribution is -2.29. The van der Waals surface area contributed by atoms with E-state index >= 15 is 0 Å². The molecule has 0 N–H and O–H groups in total. The van der Waals surface area contributed by atoms with Gasteiger partial charge in [-0.1, -0.05) is 36.2 Å². The number of hydrogen-bond acceptors (Lipinski definition) is 5. The first-order valence-corrected chi connectivity index (χ1v) is 10.1. The molecule has 0 bridgehead atoms. The minimum Gasteiger partial charge on any atom is -0.332 e. The first kappa shape index (κ1) is 17.4. The van der Waals surface area contributed by atoms with E-state index in [2.05, 4.69) is 22.0 Å². The van der Waals surface area contributed by atoms with E-state index < -0.39 is 0 Å². The van der Waals surface area contributed by atoms with Gasteiger partial charge in [-0.15, -0.1) is 0 Å². The van der Waals surface area contributed by atoms with Crippen molar-refractivity contribution in [3.8, 4) is 17.3 Å². The van der Waals surface area contributed by atoms with Crippen LogP contribution in [-0.4, -0.2) is 37.0 Å². The predicted molar refractivity (Wildman–Crippen MR) is 103 cm³/mol. The zero-order chi connectivity index (χ0) is 19.3. The molecule has 2 aliphatic heterocycles. The number of aryl methyl sites for hydroxylation is 1. The summed E-state index contributed by atoms with van der Waals surface area (Å²) in [6.07, 6.45) is 6.39. The topological polar surface area (TPSA) is 77.0 Å². The molecule has 1 aromatic carbocycles. The van der Waals surface area contributed by atoms with Gasteiger partial charge in [-0.3, -0.25) is 9.36 Å². The third-order valence-electron chi connectivity index (χ3n) is 5.52. The smallest absolute Gasteiger partial charge is 0.278 e. The van der Waals surface area contributed by atoms with Gasteiger partial charge in [-0.05, 0) is 31.4 Å². The SMILES string of the molecule is CCCCc1noc(-c2ncn3c2[C@@H]2CCCN2C(=O)c2c(Cl)cccc2-3)n1. The van der Waals surface area contributed by atoms with Crippen molar-refractivity contribution in [3.05, 3.63) is 46.6 Å². The third-order valence-corrected chi connectivity index (χ3v) is 5.84. The molecule has 8 heteroatoms. The summed E-state index contributed by atoms with van der Waals surface area (Å²) in [5.74, 6) is 1.06. The number of unbranched alkanes of at least 4 members (excludes halogenated alkanes) is 1. The molecule has 2 aromatic heterocycles. The van der Waals surface area contributed by atoms with Crippen LogP contribution in [0.5, 0.6) is 0 Å². The molecule has 0 saturated carbocycles. The number of fused-ring (bicyclic) bond motifs is 5. The Kier molecular flexibility index (Phi) is 4.19. The molecule has 1 amide bonds. The molecule has 7 nitrogen and oxygen atoms in total. The van der Waals surface area contributed by atoms with Gasteiger partial charge < -0.3 is 9.42 Å². The molecular weight excluding hydrogens is 378 g/mol. The van der Waals surface area contributed by atoms with Crippen molar-refractivity contribution in [2.45, 2.75) is 45.1 Å². The van der Waals surface area contributed by atoms with Gasteiger partial charge in [-0.2, -0.15) is 4.98 Å². The van der Waals surface area contributed by atoms with Gasteiger partial charge in [0.05, 0.1) is 28.0 Å². The maximum atomic E-state index is 13.2. The number of rotatable bonds is 4. The highest BCUT2D eigenvalue weighted by Crippen LogP contribution is 2.43. The van der Waals surface area contributed by atoms with Gasteiger partial charge in [0.25, 0.3) is 11.8 Å². The number of hydrogen-bond donors (Lipinski definition) is 0. The Morgan fingerprint density at radius 1 is 1.36 bits per heavy atom. The molecule has 0 radical (unpaired) electrons. The number of benzene rings is 1. The van der Waals surface area contributed by atoms with Crippen molar-refractivity contribution in [1.82, 2.24) is 24.6 Å². The van der Waals surface area contributed by atoms with Crippen molar-refractivity contribution in [2.75, 3.05) is 6.54 Å². The van der Waals surface area contributed by atoms with E-state index in [0.29, 0.717) is 34.5 Å². The van der Waals surface area contributed by atoms with Crippen LogP contribution < -0.4 is 0 Å². The van der Waals surface area contributed by atoms with E-state index in [1.54, 1.807) is 12.4 Å². The van der Waals surface area contributed by atoms with Crippen LogP contribution in [0.2, 0.25) is 5.02 Å². The van der Waals surface area contributed by atoms with Gasteiger partial charge in [0, 0.05) is 13.0 Å². The van der Waals surface area contributed by atoms with Gasteiger partial charge in [-0.25, -0.2) is 4.98 Å². The van der Waals surface area contributed by atoms with Gasteiger partial charge in [0.15, 0.2) is 11.5 Å².